The van der Waals surface area contributed by atoms with Crippen molar-refractivity contribution in [1.82, 2.24) is 14.6 Å². The van der Waals surface area contributed by atoms with Gasteiger partial charge in [-0.05, 0) is 56.7 Å². The second-order valence-corrected chi connectivity index (χ2v) is 8.60. The Labute approximate surface area is 197 Å². The van der Waals surface area contributed by atoms with Gasteiger partial charge in [0.25, 0.3) is 5.56 Å². The van der Waals surface area contributed by atoms with E-state index in [0.717, 1.165) is 24.8 Å². The van der Waals surface area contributed by atoms with Gasteiger partial charge in [-0.25, -0.2) is 9.80 Å². The van der Waals surface area contributed by atoms with Crippen LogP contribution in [0.3, 0.4) is 0 Å². The van der Waals surface area contributed by atoms with E-state index in [0.29, 0.717) is 18.8 Å². The molecule has 0 bridgehead atoms. The first kappa shape index (κ1) is 23.5. The van der Waals surface area contributed by atoms with E-state index >= 15 is 0 Å². The van der Waals surface area contributed by atoms with Gasteiger partial charge in [0.1, 0.15) is 11.3 Å². The van der Waals surface area contributed by atoms with Crippen molar-refractivity contribution in [3.63, 3.8) is 0 Å². The van der Waals surface area contributed by atoms with Crippen molar-refractivity contribution in [2.75, 3.05) is 6.61 Å². The number of carbonyl (C=O) groups is 1. The zero-order valence-electron chi connectivity index (χ0n) is 19.5. The van der Waals surface area contributed by atoms with E-state index in [4.69, 9.17) is 4.74 Å². The molecule has 9 nitrogen and oxygen atoms in total. The van der Waals surface area contributed by atoms with Crippen LogP contribution in [0.15, 0.2) is 50.6 Å². The number of aromatic nitrogens is 2. The molecule has 0 fully saturated rings. The molecule has 1 aromatic heterocycles. The van der Waals surface area contributed by atoms with Gasteiger partial charge in [-0.3, -0.25) is 19.1 Å². The second kappa shape index (κ2) is 10.1. The molecule has 0 unspecified atom stereocenters. The number of rotatable bonds is 7. The summed E-state index contributed by atoms with van der Waals surface area (Å²) >= 11 is 0. The minimum atomic E-state index is -0.717. The lowest BCUT2D eigenvalue weighted by Crippen LogP contribution is -2.34. The van der Waals surface area contributed by atoms with Crippen LogP contribution in [-0.4, -0.2) is 37.9 Å². The van der Waals surface area contributed by atoms with E-state index in [-0.39, 0.29) is 30.1 Å². The molecule has 1 amide bonds. The highest BCUT2D eigenvalue weighted by Gasteiger charge is 2.34. The van der Waals surface area contributed by atoms with Crippen LogP contribution < -0.4 is 16.0 Å². The lowest BCUT2D eigenvalue weighted by molar-refractivity contribution is -0.130. The zero-order valence-corrected chi connectivity index (χ0v) is 19.5. The Morgan fingerprint density at radius 3 is 2.65 bits per heavy atom. The molecule has 4 rings (SSSR count). The molecule has 0 spiro atoms. The van der Waals surface area contributed by atoms with E-state index < -0.39 is 23.2 Å². The SMILES string of the molecule is CCOc1ccc([C@@H]2CC(c3c(O)n(CCC4=CCCCC4)c(=O)[nH]c3=O)=NN2C(C)=O)cc1. The minimum absolute atomic E-state index is 0.0723. The highest BCUT2D eigenvalue weighted by atomic mass is 16.5. The average molecular weight is 467 g/mol. The van der Waals surface area contributed by atoms with E-state index in [9.17, 15) is 19.5 Å². The third-order valence-electron chi connectivity index (χ3n) is 6.31. The van der Waals surface area contributed by atoms with Crippen LogP contribution in [0.1, 0.15) is 69.5 Å². The highest BCUT2D eigenvalue weighted by molar-refractivity contribution is 6.04. The lowest BCUT2D eigenvalue weighted by Gasteiger charge is -2.20. The molecule has 9 heteroatoms. The van der Waals surface area contributed by atoms with Gasteiger partial charge >= 0.3 is 5.69 Å². The summed E-state index contributed by atoms with van der Waals surface area (Å²) in [5, 5.41) is 16.6. The number of amides is 1. The van der Waals surface area contributed by atoms with E-state index in [1.54, 1.807) is 0 Å². The van der Waals surface area contributed by atoms with E-state index in [1.165, 1.54) is 28.5 Å². The molecular formula is C25H30N4O5. The Balaban J connectivity index is 1.64. The summed E-state index contributed by atoms with van der Waals surface area (Å²) < 4.78 is 6.66. The number of hydrazone groups is 1. The normalized spacial score (nSPS) is 17.9. The fraction of sp³-hybridized carbons (Fsp3) is 0.440. The number of carbonyl (C=O) groups excluding carboxylic acids is 1. The first-order valence-electron chi connectivity index (χ1n) is 11.7. The summed E-state index contributed by atoms with van der Waals surface area (Å²) in [5.41, 5.74) is 0.890. The number of benzene rings is 1. The number of aromatic hydroxyl groups is 1. The number of ether oxygens (including phenoxy) is 1. The summed E-state index contributed by atoms with van der Waals surface area (Å²) in [6.45, 7) is 4.10. The topological polar surface area (TPSA) is 117 Å². The van der Waals surface area contributed by atoms with Crippen molar-refractivity contribution in [3.05, 3.63) is 67.9 Å². The van der Waals surface area contributed by atoms with E-state index in [2.05, 4.69) is 16.2 Å². The van der Waals surface area contributed by atoms with Crippen molar-refractivity contribution in [2.24, 2.45) is 5.10 Å². The number of H-pyrrole nitrogens is 1. The molecule has 0 radical (unpaired) electrons. The molecule has 2 heterocycles. The molecular weight excluding hydrogens is 436 g/mol. The Hall–Kier alpha value is -3.62. The van der Waals surface area contributed by atoms with Crippen molar-refractivity contribution >= 4 is 11.6 Å². The number of nitrogens with one attached hydrogen (secondary N) is 1. The average Bonchev–Trinajstić information content (AvgIpc) is 3.25. The number of hydrogen-bond acceptors (Lipinski definition) is 6. The van der Waals surface area contributed by atoms with Crippen LogP contribution in [0.5, 0.6) is 11.6 Å². The maximum atomic E-state index is 12.7. The van der Waals surface area contributed by atoms with Gasteiger partial charge in [-0.15, -0.1) is 0 Å². The minimum Gasteiger partial charge on any atom is -0.494 e. The van der Waals surface area contributed by atoms with Gasteiger partial charge in [0.05, 0.1) is 18.4 Å². The monoisotopic (exact) mass is 466 g/mol. The number of aromatic amines is 1. The molecule has 0 saturated heterocycles. The Bertz CT molecular complexity index is 1240. The summed E-state index contributed by atoms with van der Waals surface area (Å²) in [4.78, 5) is 39.8. The highest BCUT2D eigenvalue weighted by Crippen LogP contribution is 2.34. The lowest BCUT2D eigenvalue weighted by atomic mass is 9.97. The smallest absolute Gasteiger partial charge is 0.331 e. The fourth-order valence-corrected chi connectivity index (χ4v) is 4.58. The van der Waals surface area contributed by atoms with Gasteiger partial charge in [0.15, 0.2) is 0 Å². The summed E-state index contributed by atoms with van der Waals surface area (Å²) in [6.07, 6.45) is 7.33. The Morgan fingerprint density at radius 2 is 2.00 bits per heavy atom. The molecule has 1 aromatic carbocycles. The summed E-state index contributed by atoms with van der Waals surface area (Å²) in [6, 6.07) is 6.91. The number of hydrogen-bond donors (Lipinski definition) is 2. The number of nitrogens with zero attached hydrogens (tertiary/aromatic N) is 3. The Morgan fingerprint density at radius 1 is 1.24 bits per heavy atom. The molecule has 1 aliphatic heterocycles. The zero-order chi connectivity index (χ0) is 24.2. The van der Waals surface area contributed by atoms with Crippen LogP contribution in [-0.2, 0) is 11.3 Å². The van der Waals surface area contributed by atoms with Gasteiger partial charge < -0.3 is 9.84 Å². The largest absolute Gasteiger partial charge is 0.494 e. The third-order valence-corrected chi connectivity index (χ3v) is 6.31. The van der Waals surface area contributed by atoms with E-state index in [1.807, 2.05) is 31.2 Å². The molecule has 180 valence electrons. The first-order chi connectivity index (χ1) is 16.4. The molecule has 2 N–H and O–H groups in total. The molecule has 34 heavy (non-hydrogen) atoms. The van der Waals surface area contributed by atoms with Gasteiger partial charge in [-0.1, -0.05) is 23.8 Å². The summed E-state index contributed by atoms with van der Waals surface area (Å²) in [7, 11) is 0. The standard InChI is InChI=1S/C25H30N4O5/c1-3-34-19-11-9-18(10-12-19)21-15-20(27-29(21)16(2)30)22-23(31)26-25(33)28(24(22)32)14-13-17-7-5-4-6-8-17/h7,9-12,21,32H,3-6,8,13-15H2,1-2H3,(H,26,31,33)/t21-/m0/s1. The van der Waals surface area contributed by atoms with Crippen LogP contribution in [0, 0.1) is 0 Å². The van der Waals surface area contributed by atoms with Crippen LogP contribution >= 0.6 is 0 Å². The quantitative estimate of drug-likeness (QED) is 0.608. The van der Waals surface area contributed by atoms with Crippen molar-refractivity contribution < 1.29 is 14.6 Å². The maximum Gasteiger partial charge on any atom is 0.331 e. The third kappa shape index (κ3) is 4.83. The molecule has 1 aliphatic carbocycles. The second-order valence-electron chi connectivity index (χ2n) is 8.60. The summed E-state index contributed by atoms with van der Waals surface area (Å²) in [5.74, 6) is 0.0103. The maximum absolute atomic E-state index is 12.7. The molecule has 1 atom stereocenters. The predicted octanol–water partition coefficient (Wildman–Crippen LogP) is 3.23. The van der Waals surface area contributed by atoms with Crippen LogP contribution in [0.25, 0.3) is 0 Å². The fourth-order valence-electron chi connectivity index (χ4n) is 4.58. The van der Waals surface area contributed by atoms with Crippen molar-refractivity contribution in [1.29, 1.82) is 0 Å². The molecule has 2 aromatic rings. The van der Waals surface area contributed by atoms with Crippen molar-refractivity contribution in [3.8, 4) is 11.6 Å². The predicted molar refractivity (Wildman–Crippen MR) is 128 cm³/mol. The number of allylic oxidation sites excluding steroid dienone is 2. The molecule has 0 saturated carbocycles. The van der Waals surface area contributed by atoms with Crippen LogP contribution in [0.2, 0.25) is 0 Å². The van der Waals surface area contributed by atoms with Gasteiger partial charge in [0.2, 0.25) is 11.8 Å². The molecule has 2 aliphatic rings. The van der Waals surface area contributed by atoms with Crippen LogP contribution in [0.4, 0.5) is 0 Å². The van der Waals surface area contributed by atoms with Gasteiger partial charge in [-0.2, -0.15) is 5.10 Å². The Kier molecular flexibility index (Phi) is 7.00. The first-order valence-corrected chi connectivity index (χ1v) is 11.7. The van der Waals surface area contributed by atoms with Crippen molar-refractivity contribution in [2.45, 2.75) is 65.0 Å². The van der Waals surface area contributed by atoms with Gasteiger partial charge in [0, 0.05) is 19.9 Å².